The second kappa shape index (κ2) is 5.04. The number of hydrogen-bond acceptors (Lipinski definition) is 1. The third-order valence-corrected chi connectivity index (χ3v) is 5.23. The molecule has 0 aliphatic heterocycles. The number of fused-ring (bicyclic) bond motifs is 1. The molecule has 1 N–H and O–H groups in total. The van der Waals surface area contributed by atoms with Crippen LogP contribution in [0.1, 0.15) is 6.92 Å². The van der Waals surface area contributed by atoms with E-state index in [0.29, 0.717) is 0 Å². The zero-order valence-corrected chi connectivity index (χ0v) is 12.2. The van der Waals surface area contributed by atoms with Gasteiger partial charge in [-0.2, -0.15) is 0 Å². The molecule has 2 aromatic carbocycles. The first kappa shape index (κ1) is 12.2. The van der Waals surface area contributed by atoms with Gasteiger partial charge in [-0.1, -0.05) is 0 Å². The maximum atomic E-state index is 11.4. The summed E-state index contributed by atoms with van der Waals surface area (Å²) < 4.78 is 2.39. The number of anilines is 1. The molecule has 0 saturated heterocycles. The van der Waals surface area contributed by atoms with Crippen molar-refractivity contribution in [2.75, 3.05) is 5.32 Å². The van der Waals surface area contributed by atoms with E-state index in [9.17, 15) is 4.79 Å². The van der Waals surface area contributed by atoms with Gasteiger partial charge < -0.3 is 0 Å². The Balaban J connectivity index is 2.27. The van der Waals surface area contributed by atoms with Gasteiger partial charge in [0.05, 0.1) is 0 Å². The van der Waals surface area contributed by atoms with E-state index in [1.165, 1.54) is 15.2 Å². The van der Waals surface area contributed by atoms with Crippen molar-refractivity contribution in [3.63, 3.8) is 0 Å². The van der Waals surface area contributed by atoms with Crippen LogP contribution in [0.3, 0.4) is 0 Å². The van der Waals surface area contributed by atoms with Crippen LogP contribution >= 0.6 is 0 Å². The number of hydrogen-bond donors (Lipinski definition) is 1. The molecular formula is C16H13NOSe. The summed E-state index contributed by atoms with van der Waals surface area (Å²) in [6.45, 7) is 1.56. The Kier molecular flexibility index (Phi) is 3.24. The second-order valence-electron chi connectivity index (χ2n) is 4.35. The van der Waals surface area contributed by atoms with Crippen molar-refractivity contribution in [2.24, 2.45) is 0 Å². The molecule has 0 unspecified atom stereocenters. The SMILES string of the molecule is CC(=O)Nc1[se]c2ccccc2c1-c1ccccc1. The van der Waals surface area contributed by atoms with E-state index in [-0.39, 0.29) is 20.4 Å². The zero-order chi connectivity index (χ0) is 13.2. The molecule has 3 rings (SSSR count). The van der Waals surface area contributed by atoms with E-state index in [1.54, 1.807) is 6.92 Å². The molecule has 1 aromatic heterocycles. The zero-order valence-electron chi connectivity index (χ0n) is 10.5. The van der Waals surface area contributed by atoms with Crippen LogP contribution in [0.25, 0.3) is 20.8 Å². The predicted octanol–water partition coefficient (Wildman–Crippen LogP) is 3.52. The van der Waals surface area contributed by atoms with Crippen molar-refractivity contribution >= 4 is 34.6 Å². The molecule has 1 amide bonds. The molecule has 0 atom stereocenters. The molecule has 1 heterocycles. The van der Waals surface area contributed by atoms with Crippen LogP contribution in [0.4, 0.5) is 4.56 Å². The van der Waals surface area contributed by atoms with Crippen LogP contribution in [-0.2, 0) is 4.79 Å². The number of carbonyl (C=O) groups excluding carboxylic acids is 1. The minimum atomic E-state index is -0.00175. The van der Waals surface area contributed by atoms with Gasteiger partial charge in [0, 0.05) is 0 Å². The average Bonchev–Trinajstić information content (AvgIpc) is 2.76. The van der Waals surface area contributed by atoms with Gasteiger partial charge in [-0.15, -0.1) is 0 Å². The number of amides is 1. The average molecular weight is 314 g/mol. The van der Waals surface area contributed by atoms with Crippen LogP contribution in [-0.4, -0.2) is 20.4 Å². The van der Waals surface area contributed by atoms with Crippen LogP contribution in [0, 0.1) is 0 Å². The topological polar surface area (TPSA) is 29.1 Å². The minimum absolute atomic E-state index is 0.00175. The molecule has 3 heteroatoms. The second-order valence-corrected chi connectivity index (χ2v) is 6.56. The summed E-state index contributed by atoms with van der Waals surface area (Å²) in [6.07, 6.45) is 0. The molecule has 2 nitrogen and oxygen atoms in total. The Bertz CT molecular complexity index is 731. The van der Waals surface area contributed by atoms with E-state index in [0.717, 1.165) is 10.1 Å². The third kappa shape index (κ3) is 2.35. The Labute approximate surface area is 117 Å². The molecule has 94 valence electrons. The molecular weight excluding hydrogens is 301 g/mol. The normalized spacial score (nSPS) is 10.6. The van der Waals surface area contributed by atoms with Gasteiger partial charge in [0.2, 0.25) is 0 Å². The molecule has 0 bridgehead atoms. The van der Waals surface area contributed by atoms with E-state index in [4.69, 9.17) is 0 Å². The molecule has 0 radical (unpaired) electrons. The first-order chi connectivity index (χ1) is 9.25. The van der Waals surface area contributed by atoms with E-state index in [2.05, 4.69) is 41.7 Å². The Morgan fingerprint density at radius 2 is 1.68 bits per heavy atom. The third-order valence-electron chi connectivity index (χ3n) is 2.95. The fourth-order valence-electron chi connectivity index (χ4n) is 2.18. The number of benzene rings is 2. The maximum absolute atomic E-state index is 11.4. The molecule has 0 saturated carbocycles. The monoisotopic (exact) mass is 315 g/mol. The van der Waals surface area contributed by atoms with Crippen LogP contribution in [0.15, 0.2) is 54.6 Å². The van der Waals surface area contributed by atoms with Gasteiger partial charge in [-0.05, 0) is 0 Å². The summed E-state index contributed by atoms with van der Waals surface area (Å²) in [4.78, 5) is 11.4. The number of carbonyl (C=O) groups is 1. The number of nitrogens with one attached hydrogen (secondary N) is 1. The molecule has 0 fully saturated rings. The quantitative estimate of drug-likeness (QED) is 0.721. The van der Waals surface area contributed by atoms with Gasteiger partial charge in [0.15, 0.2) is 0 Å². The van der Waals surface area contributed by atoms with E-state index in [1.807, 2.05) is 18.2 Å². The molecule has 0 spiro atoms. The molecule has 3 aromatic rings. The Hall–Kier alpha value is -1.83. The summed E-state index contributed by atoms with van der Waals surface area (Å²) in [7, 11) is 0. The van der Waals surface area contributed by atoms with Gasteiger partial charge in [-0.25, -0.2) is 0 Å². The molecule has 0 aliphatic rings. The fraction of sp³-hybridized carbons (Fsp3) is 0.0625. The van der Waals surface area contributed by atoms with Gasteiger partial charge >= 0.3 is 117 Å². The van der Waals surface area contributed by atoms with Crippen molar-refractivity contribution in [1.29, 1.82) is 0 Å². The summed E-state index contributed by atoms with van der Waals surface area (Å²) in [5, 5.41) is 4.25. The number of rotatable bonds is 2. The van der Waals surface area contributed by atoms with Gasteiger partial charge in [0.25, 0.3) is 0 Å². The summed E-state index contributed by atoms with van der Waals surface area (Å²) in [6, 6.07) is 18.6. The Morgan fingerprint density at radius 1 is 1.00 bits per heavy atom. The standard InChI is InChI=1S/C16H13NOSe/c1-11(18)17-16-15(12-7-3-2-4-8-12)13-9-5-6-10-14(13)19-16/h2-10H,1H3,(H,17,18). The predicted molar refractivity (Wildman–Crippen MR) is 80.6 cm³/mol. The van der Waals surface area contributed by atoms with Crippen molar-refractivity contribution in [3.05, 3.63) is 54.6 Å². The summed E-state index contributed by atoms with van der Waals surface area (Å²) in [5.74, 6) is -0.00175. The van der Waals surface area contributed by atoms with Crippen LogP contribution < -0.4 is 5.32 Å². The Morgan fingerprint density at radius 3 is 2.42 bits per heavy atom. The summed E-state index contributed by atoms with van der Waals surface area (Å²) in [5.41, 5.74) is 2.34. The van der Waals surface area contributed by atoms with Gasteiger partial charge in [0.1, 0.15) is 0 Å². The first-order valence-corrected chi connectivity index (χ1v) is 7.81. The van der Waals surface area contributed by atoms with Gasteiger partial charge in [-0.3, -0.25) is 0 Å². The van der Waals surface area contributed by atoms with Crippen molar-refractivity contribution < 1.29 is 4.79 Å². The van der Waals surface area contributed by atoms with Crippen LogP contribution in [0.2, 0.25) is 0 Å². The first-order valence-electron chi connectivity index (χ1n) is 6.10. The van der Waals surface area contributed by atoms with Crippen LogP contribution in [0.5, 0.6) is 0 Å². The fourth-order valence-corrected chi connectivity index (χ4v) is 4.64. The summed E-state index contributed by atoms with van der Waals surface area (Å²) >= 11 is 0.174. The van der Waals surface area contributed by atoms with Crippen molar-refractivity contribution in [1.82, 2.24) is 0 Å². The van der Waals surface area contributed by atoms with Crippen molar-refractivity contribution in [2.45, 2.75) is 6.92 Å². The van der Waals surface area contributed by atoms with Crippen molar-refractivity contribution in [3.8, 4) is 11.1 Å². The van der Waals surface area contributed by atoms with E-state index >= 15 is 0 Å². The van der Waals surface area contributed by atoms with E-state index < -0.39 is 0 Å². The molecule has 19 heavy (non-hydrogen) atoms. The molecule has 0 aliphatic carbocycles.